The minimum absolute atomic E-state index is 0.0203. The van der Waals surface area contributed by atoms with Crippen molar-refractivity contribution in [2.45, 2.75) is 27.7 Å². The summed E-state index contributed by atoms with van der Waals surface area (Å²) in [7, 11) is 0. The first-order valence-corrected chi connectivity index (χ1v) is 11.6. The van der Waals surface area contributed by atoms with Crippen LogP contribution < -0.4 is 0 Å². The molecule has 5 heteroatoms. The summed E-state index contributed by atoms with van der Waals surface area (Å²) in [5.41, 5.74) is 7.94. The summed E-state index contributed by atoms with van der Waals surface area (Å²) in [5.74, 6) is -0.352. The third-order valence-electron chi connectivity index (χ3n) is 6.11. The lowest BCUT2D eigenvalue weighted by Crippen LogP contribution is -2.07. The van der Waals surface area contributed by atoms with Gasteiger partial charge in [0.05, 0.1) is 23.6 Å². The summed E-state index contributed by atoms with van der Waals surface area (Å²) < 4.78 is 7.24. The van der Waals surface area contributed by atoms with Crippen LogP contribution in [0.2, 0.25) is 0 Å². The molecular formula is C30H28N2O3. The van der Waals surface area contributed by atoms with E-state index < -0.39 is 0 Å². The molecule has 0 saturated carbocycles. The van der Waals surface area contributed by atoms with Gasteiger partial charge in [-0.05, 0) is 63.6 Å². The summed E-state index contributed by atoms with van der Waals surface area (Å²) in [5, 5.41) is 8.87. The van der Waals surface area contributed by atoms with Crippen LogP contribution in [-0.2, 0) is 4.74 Å². The van der Waals surface area contributed by atoms with Gasteiger partial charge in [-0.15, -0.1) is 0 Å². The second-order valence-corrected chi connectivity index (χ2v) is 8.45. The van der Waals surface area contributed by atoms with Gasteiger partial charge in [0.1, 0.15) is 0 Å². The van der Waals surface area contributed by atoms with Crippen LogP contribution in [0, 0.1) is 19.3 Å². The molecule has 0 atom stereocenters. The number of carbonyl (C=O) groups is 2. The lowest BCUT2D eigenvalue weighted by molar-refractivity contribution is 0.0526. The molecule has 5 nitrogen and oxygen atoms in total. The van der Waals surface area contributed by atoms with Gasteiger partial charge in [-0.2, -0.15) is 0 Å². The van der Waals surface area contributed by atoms with E-state index in [-0.39, 0.29) is 11.8 Å². The predicted molar refractivity (Wildman–Crippen MR) is 139 cm³/mol. The van der Waals surface area contributed by atoms with E-state index in [4.69, 9.17) is 10.1 Å². The molecule has 3 aromatic carbocycles. The number of rotatable bonds is 7. The van der Waals surface area contributed by atoms with Gasteiger partial charge in [0.2, 0.25) is 0 Å². The summed E-state index contributed by atoms with van der Waals surface area (Å²) in [6.07, 6.45) is 0. The van der Waals surface area contributed by atoms with Gasteiger partial charge in [0, 0.05) is 33.6 Å². The standard InChI is InChI=1S/C30H28N2O3/c1-5-35-30(34)23-15-13-22(14-16-23)26-11-6-7-12-28(26)32-19(2)17-27(20(32)3)29(31)25-10-8-9-24(18-25)21(4)33/h6-18,31H,5H2,1-4H3. The number of para-hydroxylation sites is 1. The Morgan fingerprint density at radius 3 is 2.23 bits per heavy atom. The van der Waals surface area contributed by atoms with Gasteiger partial charge in [0.15, 0.2) is 5.78 Å². The van der Waals surface area contributed by atoms with E-state index in [1.165, 1.54) is 6.92 Å². The average molecular weight is 465 g/mol. The van der Waals surface area contributed by atoms with Crippen LogP contribution in [0.5, 0.6) is 0 Å². The van der Waals surface area contributed by atoms with Crippen molar-refractivity contribution in [3.05, 3.63) is 113 Å². The van der Waals surface area contributed by atoms with Crippen LogP contribution in [0.4, 0.5) is 0 Å². The fraction of sp³-hybridized carbons (Fsp3) is 0.167. The predicted octanol–water partition coefficient (Wildman–Crippen LogP) is 6.56. The minimum Gasteiger partial charge on any atom is -0.462 e. The van der Waals surface area contributed by atoms with Crippen LogP contribution >= 0.6 is 0 Å². The molecule has 0 unspecified atom stereocenters. The Labute approximate surface area is 205 Å². The summed E-state index contributed by atoms with van der Waals surface area (Å²) >= 11 is 0. The minimum atomic E-state index is -0.332. The van der Waals surface area contributed by atoms with Gasteiger partial charge >= 0.3 is 5.97 Å². The molecule has 0 bridgehead atoms. The highest BCUT2D eigenvalue weighted by Crippen LogP contribution is 2.31. The van der Waals surface area contributed by atoms with Crippen molar-refractivity contribution in [1.82, 2.24) is 4.57 Å². The molecule has 0 saturated heterocycles. The molecular weight excluding hydrogens is 436 g/mol. The maximum Gasteiger partial charge on any atom is 0.338 e. The SMILES string of the molecule is CCOC(=O)c1ccc(-c2ccccc2-n2c(C)cc(C(=N)c3cccc(C(C)=O)c3)c2C)cc1. The zero-order chi connectivity index (χ0) is 25.1. The highest BCUT2D eigenvalue weighted by Gasteiger charge is 2.18. The van der Waals surface area contributed by atoms with Crippen molar-refractivity contribution >= 4 is 17.5 Å². The van der Waals surface area contributed by atoms with E-state index in [1.807, 2.05) is 56.3 Å². The number of ether oxygens (including phenoxy) is 1. The monoisotopic (exact) mass is 464 g/mol. The van der Waals surface area contributed by atoms with Crippen LogP contribution in [-0.4, -0.2) is 28.6 Å². The number of ketones is 1. The van der Waals surface area contributed by atoms with Crippen LogP contribution in [0.25, 0.3) is 16.8 Å². The first kappa shape index (κ1) is 23.9. The van der Waals surface area contributed by atoms with Crippen molar-refractivity contribution in [3.63, 3.8) is 0 Å². The third-order valence-corrected chi connectivity index (χ3v) is 6.11. The van der Waals surface area contributed by atoms with E-state index in [0.29, 0.717) is 29.0 Å². The molecule has 0 aliphatic rings. The normalized spacial score (nSPS) is 10.7. The second kappa shape index (κ2) is 9.94. The summed E-state index contributed by atoms with van der Waals surface area (Å²) in [4.78, 5) is 23.9. The Hall–Kier alpha value is -4.25. The molecule has 0 amide bonds. The fourth-order valence-electron chi connectivity index (χ4n) is 4.35. The van der Waals surface area contributed by atoms with Crippen molar-refractivity contribution in [1.29, 1.82) is 5.41 Å². The van der Waals surface area contributed by atoms with Crippen LogP contribution in [0.1, 0.15) is 57.1 Å². The number of hydrogen-bond donors (Lipinski definition) is 1. The van der Waals surface area contributed by atoms with Crippen LogP contribution in [0.15, 0.2) is 78.9 Å². The Bertz CT molecular complexity index is 1430. The van der Waals surface area contributed by atoms with Crippen molar-refractivity contribution in [2.75, 3.05) is 6.61 Å². The van der Waals surface area contributed by atoms with Crippen molar-refractivity contribution in [2.24, 2.45) is 0 Å². The molecule has 0 aliphatic heterocycles. The molecule has 4 aromatic rings. The quantitative estimate of drug-likeness (QED) is 0.191. The van der Waals surface area contributed by atoms with Crippen molar-refractivity contribution in [3.8, 4) is 16.8 Å². The van der Waals surface area contributed by atoms with Crippen LogP contribution in [0.3, 0.4) is 0 Å². The molecule has 0 aliphatic carbocycles. The lowest BCUT2D eigenvalue weighted by atomic mass is 9.99. The number of nitrogens with one attached hydrogen (secondary N) is 1. The highest BCUT2D eigenvalue weighted by molar-refractivity contribution is 6.12. The summed E-state index contributed by atoms with van der Waals surface area (Å²) in [6, 6.07) is 24.7. The Morgan fingerprint density at radius 2 is 1.54 bits per heavy atom. The van der Waals surface area contributed by atoms with E-state index in [0.717, 1.165) is 33.8 Å². The first-order chi connectivity index (χ1) is 16.8. The second-order valence-electron chi connectivity index (χ2n) is 8.45. The highest BCUT2D eigenvalue weighted by atomic mass is 16.5. The molecule has 35 heavy (non-hydrogen) atoms. The van der Waals surface area contributed by atoms with E-state index in [9.17, 15) is 9.59 Å². The Kier molecular flexibility index (Phi) is 6.78. The number of hydrogen-bond acceptors (Lipinski definition) is 4. The van der Waals surface area contributed by atoms with Crippen molar-refractivity contribution < 1.29 is 14.3 Å². The van der Waals surface area contributed by atoms with E-state index >= 15 is 0 Å². The topological polar surface area (TPSA) is 72.2 Å². The number of nitrogens with zero attached hydrogens (tertiary/aromatic N) is 1. The van der Waals surface area contributed by atoms with E-state index in [2.05, 4.69) is 16.7 Å². The molecule has 1 aromatic heterocycles. The smallest absolute Gasteiger partial charge is 0.338 e. The summed E-state index contributed by atoms with van der Waals surface area (Å²) in [6.45, 7) is 7.69. The number of aryl methyl sites for hydroxylation is 1. The maximum absolute atomic E-state index is 12.0. The van der Waals surface area contributed by atoms with Gasteiger partial charge in [-0.1, -0.05) is 48.5 Å². The number of aromatic nitrogens is 1. The number of carbonyl (C=O) groups excluding carboxylic acids is 2. The maximum atomic E-state index is 12.0. The first-order valence-electron chi connectivity index (χ1n) is 11.6. The zero-order valence-corrected chi connectivity index (χ0v) is 20.4. The molecule has 0 fully saturated rings. The molecule has 1 heterocycles. The number of benzene rings is 3. The zero-order valence-electron chi connectivity index (χ0n) is 20.4. The van der Waals surface area contributed by atoms with Gasteiger partial charge in [-0.3, -0.25) is 10.2 Å². The fourth-order valence-corrected chi connectivity index (χ4v) is 4.35. The molecule has 1 N–H and O–H groups in total. The van der Waals surface area contributed by atoms with Gasteiger partial charge < -0.3 is 9.30 Å². The number of Topliss-reactive ketones (excluding diaryl/α,β-unsaturated/α-hetero) is 1. The molecule has 4 rings (SSSR count). The Balaban J connectivity index is 1.75. The molecule has 0 radical (unpaired) electrons. The third kappa shape index (κ3) is 4.71. The number of esters is 1. The Morgan fingerprint density at radius 1 is 0.857 bits per heavy atom. The lowest BCUT2D eigenvalue weighted by Gasteiger charge is -2.16. The largest absolute Gasteiger partial charge is 0.462 e. The average Bonchev–Trinajstić information content (AvgIpc) is 3.17. The van der Waals surface area contributed by atoms with Gasteiger partial charge in [0.25, 0.3) is 0 Å². The molecule has 176 valence electrons. The van der Waals surface area contributed by atoms with Gasteiger partial charge in [-0.25, -0.2) is 4.79 Å². The molecule has 0 spiro atoms. The van der Waals surface area contributed by atoms with E-state index in [1.54, 1.807) is 31.2 Å².